The monoisotopic (exact) mass is 521 g/mol. The van der Waals surface area contributed by atoms with Gasteiger partial charge in [0, 0.05) is 19.4 Å². The van der Waals surface area contributed by atoms with Crippen LogP contribution in [0.25, 0.3) is 0 Å². The van der Waals surface area contributed by atoms with Gasteiger partial charge in [-0.3, -0.25) is 24.0 Å². The van der Waals surface area contributed by atoms with E-state index in [1.54, 1.807) is 0 Å². The minimum atomic E-state index is -1.40. The van der Waals surface area contributed by atoms with Gasteiger partial charge in [-0.05, 0) is 37.0 Å². The first kappa shape index (κ1) is 29.0. The number of primary amides is 1. The summed E-state index contributed by atoms with van der Waals surface area (Å²) in [5, 5.41) is 32.8. The molecule has 1 aliphatic heterocycles. The maximum atomic E-state index is 13.0. The smallest absolute Gasteiger partial charge is 0.326 e. The lowest BCUT2D eigenvalue weighted by Crippen LogP contribution is -2.57. The molecular weight excluding hydrogens is 490 g/mol. The van der Waals surface area contributed by atoms with E-state index in [1.807, 2.05) is 0 Å². The van der Waals surface area contributed by atoms with Crippen molar-refractivity contribution in [3.63, 3.8) is 0 Å². The van der Waals surface area contributed by atoms with E-state index in [0.717, 1.165) is 0 Å². The molecule has 0 bridgehead atoms. The van der Waals surface area contributed by atoms with Crippen LogP contribution in [0.1, 0.15) is 37.7 Å². The fourth-order valence-corrected chi connectivity index (χ4v) is 3.96. The Balaban J connectivity index is 2.13. The molecule has 1 heterocycles. The average Bonchev–Trinajstić information content (AvgIpc) is 3.31. The number of amides is 4. The molecule has 0 unspecified atom stereocenters. The van der Waals surface area contributed by atoms with Crippen molar-refractivity contribution in [1.29, 1.82) is 0 Å². The van der Waals surface area contributed by atoms with Crippen LogP contribution in [0.3, 0.4) is 0 Å². The van der Waals surface area contributed by atoms with Gasteiger partial charge in [-0.2, -0.15) is 0 Å². The van der Waals surface area contributed by atoms with Crippen LogP contribution < -0.4 is 22.1 Å². The van der Waals surface area contributed by atoms with E-state index >= 15 is 0 Å². The van der Waals surface area contributed by atoms with Gasteiger partial charge in [-0.25, -0.2) is 4.79 Å². The molecule has 9 N–H and O–H groups in total. The Morgan fingerprint density at radius 1 is 1.03 bits per heavy atom. The van der Waals surface area contributed by atoms with Gasteiger partial charge in [0.15, 0.2) is 0 Å². The summed E-state index contributed by atoms with van der Waals surface area (Å²) >= 11 is 0. The zero-order chi connectivity index (χ0) is 27.7. The Kier molecular flexibility index (Phi) is 10.4. The topological polar surface area (TPSA) is 242 Å². The van der Waals surface area contributed by atoms with E-state index in [2.05, 4.69) is 10.6 Å². The number of likely N-dealkylation sites (tertiary alicyclic amines) is 1. The van der Waals surface area contributed by atoms with Crippen molar-refractivity contribution < 1.29 is 44.1 Å². The number of hydrogen-bond donors (Lipinski definition) is 7. The largest absolute Gasteiger partial charge is 0.508 e. The van der Waals surface area contributed by atoms with Crippen LogP contribution in [0, 0.1) is 0 Å². The van der Waals surface area contributed by atoms with Gasteiger partial charge in [-0.1, -0.05) is 12.1 Å². The van der Waals surface area contributed by atoms with E-state index in [0.29, 0.717) is 12.0 Å². The molecule has 0 radical (unpaired) electrons. The number of nitrogens with two attached hydrogens (primary N) is 2. The summed E-state index contributed by atoms with van der Waals surface area (Å²) in [5.41, 5.74) is 11.3. The number of aromatic hydroxyl groups is 1. The molecule has 4 amide bonds. The number of rotatable bonds is 13. The summed E-state index contributed by atoms with van der Waals surface area (Å²) in [6, 6.07) is 0.615. The molecule has 0 spiro atoms. The van der Waals surface area contributed by atoms with Crippen molar-refractivity contribution in [2.75, 3.05) is 6.54 Å². The summed E-state index contributed by atoms with van der Waals surface area (Å²) in [7, 11) is 0. The molecule has 1 aromatic carbocycles. The lowest BCUT2D eigenvalue weighted by Gasteiger charge is -2.28. The normalized spacial score (nSPS) is 17.3. The molecule has 1 saturated heterocycles. The number of aliphatic carboxylic acids is 2. The van der Waals surface area contributed by atoms with Crippen LogP contribution >= 0.6 is 0 Å². The van der Waals surface area contributed by atoms with Gasteiger partial charge >= 0.3 is 11.9 Å². The molecule has 14 nitrogen and oxygen atoms in total. The van der Waals surface area contributed by atoms with Crippen molar-refractivity contribution in [3.8, 4) is 5.75 Å². The second kappa shape index (κ2) is 13.2. The molecule has 37 heavy (non-hydrogen) atoms. The van der Waals surface area contributed by atoms with Gasteiger partial charge < -0.3 is 42.3 Å². The van der Waals surface area contributed by atoms with Crippen molar-refractivity contribution in [2.45, 2.75) is 62.7 Å². The number of nitrogens with one attached hydrogen (secondary N) is 2. The number of carbonyl (C=O) groups excluding carboxylic acids is 4. The summed E-state index contributed by atoms with van der Waals surface area (Å²) in [6.07, 6.45) is -0.681. The van der Waals surface area contributed by atoms with Crippen LogP contribution in [0.2, 0.25) is 0 Å². The predicted molar refractivity (Wildman–Crippen MR) is 127 cm³/mol. The summed E-state index contributed by atoms with van der Waals surface area (Å²) in [6.45, 7) is 0.184. The quantitative estimate of drug-likeness (QED) is 0.151. The molecule has 0 aromatic heterocycles. The fraction of sp³-hybridized carbons (Fsp3) is 0.478. The summed E-state index contributed by atoms with van der Waals surface area (Å²) in [4.78, 5) is 73.7. The molecule has 0 saturated carbocycles. The molecular formula is C23H31N5O9. The second-order valence-corrected chi connectivity index (χ2v) is 8.73. The van der Waals surface area contributed by atoms with Gasteiger partial charge in [-0.15, -0.1) is 0 Å². The molecule has 4 atom stereocenters. The first-order valence-corrected chi connectivity index (χ1v) is 11.6. The van der Waals surface area contributed by atoms with Gasteiger partial charge in [0.05, 0.1) is 12.5 Å². The second-order valence-electron chi connectivity index (χ2n) is 8.73. The van der Waals surface area contributed by atoms with Crippen molar-refractivity contribution >= 4 is 35.6 Å². The molecule has 2 rings (SSSR count). The Labute approximate surface area is 212 Å². The standard InChI is InChI=1S/C23H31N5O9/c24-14(11-18(25)30)22(35)28-9-1-2-17(28)21(34)26-15(7-8-19(31)32)20(33)27-16(23(36)37)10-12-3-5-13(29)6-4-12/h3-6,14-17,29H,1-2,7-11,24H2,(H2,25,30)(H,26,34)(H,27,33)(H,31,32)(H,36,37)/t14-,15-,16-,17-/m0/s1. The first-order valence-electron chi connectivity index (χ1n) is 11.6. The van der Waals surface area contributed by atoms with Crippen LogP contribution in [0.15, 0.2) is 24.3 Å². The molecule has 202 valence electrons. The number of nitrogens with zero attached hydrogens (tertiary/aromatic N) is 1. The highest BCUT2D eigenvalue weighted by Crippen LogP contribution is 2.19. The maximum Gasteiger partial charge on any atom is 0.326 e. The van der Waals surface area contributed by atoms with Crippen molar-refractivity contribution in [1.82, 2.24) is 15.5 Å². The summed E-state index contributed by atoms with van der Waals surface area (Å²) < 4.78 is 0. The van der Waals surface area contributed by atoms with E-state index < -0.39 is 72.6 Å². The lowest BCUT2D eigenvalue weighted by atomic mass is 10.0. The van der Waals surface area contributed by atoms with Crippen LogP contribution in [0.5, 0.6) is 5.75 Å². The molecule has 14 heteroatoms. The highest BCUT2D eigenvalue weighted by atomic mass is 16.4. The molecule has 0 aliphatic carbocycles. The Bertz CT molecular complexity index is 1030. The van der Waals surface area contributed by atoms with E-state index in [4.69, 9.17) is 16.6 Å². The minimum absolute atomic E-state index is 0.0221. The Morgan fingerprint density at radius 2 is 1.68 bits per heavy atom. The number of phenolic OH excluding ortho intramolecular Hbond substituents is 1. The number of hydrogen-bond acceptors (Lipinski definition) is 8. The number of carboxylic acid groups (broad SMARTS) is 2. The third-order valence-corrected chi connectivity index (χ3v) is 5.85. The van der Waals surface area contributed by atoms with E-state index in [1.165, 1.54) is 29.2 Å². The van der Waals surface area contributed by atoms with Crippen molar-refractivity contribution in [2.24, 2.45) is 11.5 Å². The molecule has 1 fully saturated rings. The highest BCUT2D eigenvalue weighted by Gasteiger charge is 2.38. The molecule has 1 aliphatic rings. The minimum Gasteiger partial charge on any atom is -0.508 e. The lowest BCUT2D eigenvalue weighted by molar-refractivity contribution is -0.143. The van der Waals surface area contributed by atoms with Gasteiger partial charge in [0.1, 0.15) is 23.9 Å². The van der Waals surface area contributed by atoms with Crippen LogP contribution in [0.4, 0.5) is 0 Å². The first-order chi connectivity index (χ1) is 17.4. The Morgan fingerprint density at radius 3 is 2.24 bits per heavy atom. The SMILES string of the molecule is NC(=O)C[C@H](N)C(=O)N1CCC[C@H]1C(=O)N[C@@H](CCC(=O)O)C(=O)N[C@@H](Cc1ccc(O)cc1)C(=O)O. The number of carbonyl (C=O) groups is 6. The average molecular weight is 522 g/mol. The summed E-state index contributed by atoms with van der Waals surface area (Å²) in [5.74, 6) is -5.72. The van der Waals surface area contributed by atoms with E-state index in [9.17, 15) is 39.0 Å². The number of phenols is 1. The zero-order valence-corrected chi connectivity index (χ0v) is 20.0. The van der Waals surface area contributed by atoms with E-state index in [-0.39, 0.29) is 31.6 Å². The maximum absolute atomic E-state index is 13.0. The predicted octanol–water partition coefficient (Wildman–Crippen LogP) is -1.95. The molecule has 1 aromatic rings. The number of benzene rings is 1. The Hall–Kier alpha value is -4.20. The third-order valence-electron chi connectivity index (χ3n) is 5.85. The van der Waals surface area contributed by atoms with Gasteiger partial charge in [0.25, 0.3) is 0 Å². The van der Waals surface area contributed by atoms with Crippen molar-refractivity contribution in [3.05, 3.63) is 29.8 Å². The fourth-order valence-electron chi connectivity index (χ4n) is 3.96. The highest BCUT2D eigenvalue weighted by molar-refractivity contribution is 5.95. The van der Waals surface area contributed by atoms with Crippen LogP contribution in [-0.2, 0) is 35.2 Å². The third kappa shape index (κ3) is 8.75. The van der Waals surface area contributed by atoms with Gasteiger partial charge in [0.2, 0.25) is 23.6 Å². The van der Waals surface area contributed by atoms with Crippen LogP contribution in [-0.4, -0.2) is 86.5 Å². The zero-order valence-electron chi connectivity index (χ0n) is 20.0. The number of carboxylic acids is 2.